The van der Waals surface area contributed by atoms with Crippen molar-refractivity contribution in [1.29, 1.82) is 0 Å². The van der Waals surface area contributed by atoms with Gasteiger partial charge in [-0.05, 0) is 44.5 Å². The summed E-state index contributed by atoms with van der Waals surface area (Å²) >= 11 is 0. The second-order valence-electron chi connectivity index (χ2n) is 19.7. The van der Waals surface area contributed by atoms with Crippen LogP contribution >= 0.6 is 0 Å². The molecular weight excluding hydrogens is 1170 g/mol. The van der Waals surface area contributed by atoms with E-state index in [9.17, 15) is 0 Å². The van der Waals surface area contributed by atoms with Crippen molar-refractivity contribution in [3.05, 3.63) is 382 Å². The minimum absolute atomic E-state index is 0. The Balaban J connectivity index is 0.000000127. The first-order chi connectivity index (χ1) is 37.8. The van der Waals surface area contributed by atoms with E-state index in [4.69, 9.17) is 0 Å². The van der Waals surface area contributed by atoms with E-state index in [1.54, 1.807) is 0 Å². The molecule has 4 atom stereocenters. The molecular formula is C76H52Cl2Zr2-2. The van der Waals surface area contributed by atoms with Gasteiger partial charge in [0, 0.05) is 23.7 Å². The van der Waals surface area contributed by atoms with Gasteiger partial charge in [0.15, 0.2) is 0 Å². The Hall–Kier alpha value is -7.01. The molecule has 0 spiro atoms. The second kappa shape index (κ2) is 26.5. The van der Waals surface area contributed by atoms with Gasteiger partial charge in [0.05, 0.1) is 0 Å². The van der Waals surface area contributed by atoms with Gasteiger partial charge in [-0.25, -0.2) is 0 Å². The average Bonchev–Trinajstić information content (AvgIpc) is 4.36. The fraction of sp³-hybridized carbons (Fsp3) is 0.0526. The number of hydrogen-bond donors (Lipinski definition) is 0. The first kappa shape index (κ1) is 57.7. The summed E-state index contributed by atoms with van der Waals surface area (Å²) in [4.78, 5) is 0. The molecule has 380 valence electrons. The molecule has 0 saturated carbocycles. The van der Waals surface area contributed by atoms with Gasteiger partial charge < -0.3 is 24.8 Å². The fourth-order valence-electron chi connectivity index (χ4n) is 12.3. The van der Waals surface area contributed by atoms with Gasteiger partial charge in [-0.15, -0.1) is 44.5 Å². The van der Waals surface area contributed by atoms with Crippen molar-refractivity contribution < 1.29 is 77.2 Å². The maximum absolute atomic E-state index is 3.44. The van der Waals surface area contributed by atoms with Gasteiger partial charge in [-0.3, -0.25) is 0 Å². The predicted molar refractivity (Wildman–Crippen MR) is 312 cm³/mol. The molecule has 0 nitrogen and oxygen atoms in total. The van der Waals surface area contributed by atoms with Crippen molar-refractivity contribution in [2.45, 2.75) is 23.7 Å². The summed E-state index contributed by atoms with van der Waals surface area (Å²) in [6, 6.07) is 116. The SMILES string of the molecule is [Cl-].[Cl-].[Zr+2].[Zr+2].[c-]1cccc2c1C(c1ccccc1)c1ccccc1-2.[c-]1cccc2c1C(c1ccccc1)c1ccccc1-2.[c-]1cccc2c1C(c1ccccc1)c1ccccc1-2.[c-]1cccc2c1C(c1ccccc1)c1ccccc1-2. The number of fused-ring (bicyclic) bond motifs is 12. The predicted octanol–water partition coefficient (Wildman–Crippen LogP) is 12.6. The third-order valence-corrected chi connectivity index (χ3v) is 15.5. The molecule has 4 aliphatic rings. The third-order valence-electron chi connectivity index (χ3n) is 15.5. The molecule has 80 heavy (non-hydrogen) atoms. The normalized spacial score (nSPS) is 15.1. The summed E-state index contributed by atoms with van der Waals surface area (Å²) in [5, 5.41) is 0. The van der Waals surface area contributed by atoms with Crippen LogP contribution in [0.25, 0.3) is 44.5 Å². The number of hydrogen-bond acceptors (Lipinski definition) is 0. The zero-order chi connectivity index (χ0) is 50.6. The van der Waals surface area contributed by atoms with Crippen molar-refractivity contribution in [1.82, 2.24) is 0 Å². The first-order valence-corrected chi connectivity index (χ1v) is 26.4. The van der Waals surface area contributed by atoms with Crippen molar-refractivity contribution in [3.8, 4) is 44.5 Å². The van der Waals surface area contributed by atoms with Gasteiger partial charge >= 0.3 is 52.4 Å². The number of rotatable bonds is 4. The minimum atomic E-state index is 0. The molecule has 0 radical (unpaired) electrons. The van der Waals surface area contributed by atoms with Crippen LogP contribution in [0.5, 0.6) is 0 Å². The van der Waals surface area contributed by atoms with Crippen LogP contribution in [-0.2, 0) is 52.4 Å². The molecule has 0 saturated heterocycles. The molecule has 4 aliphatic carbocycles. The Labute approximate surface area is 522 Å². The van der Waals surface area contributed by atoms with Gasteiger partial charge in [0.25, 0.3) is 0 Å². The molecule has 0 N–H and O–H groups in total. The summed E-state index contributed by atoms with van der Waals surface area (Å²) in [5.74, 6) is 1.31. The zero-order valence-electron chi connectivity index (χ0n) is 43.8. The fourth-order valence-corrected chi connectivity index (χ4v) is 12.3. The van der Waals surface area contributed by atoms with E-state index in [1.807, 2.05) is 24.3 Å². The van der Waals surface area contributed by atoms with Crippen LogP contribution in [-0.4, -0.2) is 0 Å². The van der Waals surface area contributed by atoms with Crippen molar-refractivity contribution >= 4 is 0 Å². The summed E-state index contributed by atoms with van der Waals surface area (Å²) in [6.45, 7) is 0. The van der Waals surface area contributed by atoms with Crippen LogP contribution in [0.4, 0.5) is 0 Å². The van der Waals surface area contributed by atoms with E-state index in [-0.39, 0.29) is 77.2 Å². The van der Waals surface area contributed by atoms with Crippen LogP contribution in [0.3, 0.4) is 0 Å². The standard InChI is InChI=1S/4C19H13.2ClH.2Zr/c4*1-2-8-14(9-3-1)19-17-12-6-4-10-15(17)16-11-5-7-13-18(16)19;;;;/h4*1-12,19H;2*1H;;/q4*-1;;;2*+2/p-2. The number of halogens is 2. The second-order valence-corrected chi connectivity index (χ2v) is 19.7. The maximum Gasteiger partial charge on any atom is 2.00 e. The summed E-state index contributed by atoms with van der Waals surface area (Å²) in [5.41, 5.74) is 26.9. The van der Waals surface area contributed by atoms with E-state index in [0.29, 0.717) is 23.7 Å². The van der Waals surface area contributed by atoms with Crippen molar-refractivity contribution in [2.75, 3.05) is 0 Å². The van der Waals surface area contributed by atoms with Gasteiger partial charge in [0.2, 0.25) is 0 Å². The van der Waals surface area contributed by atoms with Gasteiger partial charge in [0.1, 0.15) is 0 Å². The van der Waals surface area contributed by atoms with Crippen molar-refractivity contribution in [2.24, 2.45) is 0 Å². The van der Waals surface area contributed by atoms with E-state index < -0.39 is 0 Å². The molecule has 12 aromatic rings. The van der Waals surface area contributed by atoms with Crippen LogP contribution in [0.15, 0.2) is 291 Å². The van der Waals surface area contributed by atoms with Crippen LogP contribution in [0.1, 0.15) is 90.4 Å². The molecule has 0 amide bonds. The zero-order valence-corrected chi connectivity index (χ0v) is 50.2. The summed E-state index contributed by atoms with van der Waals surface area (Å²) in [7, 11) is 0. The Bertz CT molecular complexity index is 3270. The van der Waals surface area contributed by atoms with Crippen LogP contribution in [0, 0.1) is 24.3 Å². The largest absolute Gasteiger partial charge is 2.00 e. The third kappa shape index (κ3) is 11.1. The molecule has 0 aliphatic heterocycles. The molecule has 4 unspecified atom stereocenters. The molecule has 0 bridgehead atoms. The smallest absolute Gasteiger partial charge is 1.00 e. The first-order valence-electron chi connectivity index (χ1n) is 26.4. The van der Waals surface area contributed by atoms with E-state index in [2.05, 4.69) is 291 Å². The van der Waals surface area contributed by atoms with Crippen molar-refractivity contribution in [3.63, 3.8) is 0 Å². The molecule has 4 heteroatoms. The minimum Gasteiger partial charge on any atom is -1.00 e. The topological polar surface area (TPSA) is 0 Å². The summed E-state index contributed by atoms with van der Waals surface area (Å²) in [6.07, 6.45) is 0. The summed E-state index contributed by atoms with van der Waals surface area (Å²) < 4.78 is 0. The van der Waals surface area contributed by atoms with Gasteiger partial charge in [-0.2, -0.15) is 97.1 Å². The maximum atomic E-state index is 3.44. The Morgan fingerprint density at radius 1 is 0.188 bits per heavy atom. The molecule has 0 heterocycles. The Morgan fingerprint density at radius 2 is 0.362 bits per heavy atom. The monoisotopic (exact) mass is 1210 g/mol. The van der Waals surface area contributed by atoms with E-state index in [0.717, 1.165) is 0 Å². The van der Waals surface area contributed by atoms with E-state index >= 15 is 0 Å². The average molecular weight is 1220 g/mol. The quantitative estimate of drug-likeness (QED) is 0.154. The van der Waals surface area contributed by atoms with E-state index in [1.165, 1.54) is 111 Å². The van der Waals surface area contributed by atoms with Gasteiger partial charge in [-0.1, -0.05) is 241 Å². The Kier molecular flexibility index (Phi) is 19.1. The Morgan fingerprint density at radius 3 is 0.575 bits per heavy atom. The van der Waals surface area contributed by atoms with Crippen LogP contribution in [0.2, 0.25) is 0 Å². The molecule has 0 aromatic heterocycles. The molecule has 0 fully saturated rings. The van der Waals surface area contributed by atoms with Crippen LogP contribution < -0.4 is 24.8 Å². The molecule has 16 rings (SSSR count). The molecule has 12 aromatic carbocycles. The number of benzene rings is 12.